The van der Waals surface area contributed by atoms with E-state index in [1.807, 2.05) is 18.2 Å². The van der Waals surface area contributed by atoms with Crippen molar-refractivity contribution in [3.63, 3.8) is 0 Å². The Labute approximate surface area is 160 Å². The number of para-hydroxylation sites is 1. The van der Waals surface area contributed by atoms with Crippen LogP contribution in [0.2, 0.25) is 0 Å². The summed E-state index contributed by atoms with van der Waals surface area (Å²) < 4.78 is 6.40. The molecule has 0 fully saturated rings. The zero-order chi connectivity index (χ0) is 20.1. The Bertz CT molecular complexity index is 1120. The summed E-state index contributed by atoms with van der Waals surface area (Å²) in [6.07, 6.45) is 5.50. The Balaban J connectivity index is 2.10. The van der Waals surface area contributed by atoms with Crippen molar-refractivity contribution >= 4 is 28.4 Å². The van der Waals surface area contributed by atoms with Crippen molar-refractivity contribution in [2.75, 3.05) is 6.61 Å². The van der Waals surface area contributed by atoms with Gasteiger partial charge in [0.1, 0.15) is 5.76 Å². The Kier molecular flexibility index (Phi) is 5.64. The molecule has 0 aliphatic carbocycles. The number of rotatable bonds is 6. The monoisotopic (exact) mass is 378 g/mol. The molecule has 0 saturated carbocycles. The molecule has 0 bridgehead atoms. The fraction of sp³-hybridized carbons (Fsp3) is 0.143. The molecular weight excluding hydrogens is 360 g/mol. The number of hydrogen-bond donors (Lipinski definition) is 1. The van der Waals surface area contributed by atoms with Gasteiger partial charge < -0.3 is 14.4 Å². The van der Waals surface area contributed by atoms with Crippen molar-refractivity contribution in [2.24, 2.45) is 0 Å². The molecule has 3 aromatic rings. The number of ether oxygens (including phenoxy) is 1. The molecule has 0 radical (unpaired) electrons. The standard InChI is InChI=1S/C21H18N2O5/c1-2-28-21(27)19(25)11-18(24)16-13-23(12-14-7-9-22-10-8-14)17-6-4-3-5-15(17)20(16)26/h3-11,13,24H,2,12H2,1H3/b18-11-. The van der Waals surface area contributed by atoms with Gasteiger partial charge in [0.2, 0.25) is 0 Å². The van der Waals surface area contributed by atoms with Gasteiger partial charge in [0.05, 0.1) is 17.7 Å². The van der Waals surface area contributed by atoms with Crippen molar-refractivity contribution in [1.29, 1.82) is 0 Å². The summed E-state index contributed by atoms with van der Waals surface area (Å²) in [7, 11) is 0. The van der Waals surface area contributed by atoms with Crippen LogP contribution in [0.25, 0.3) is 16.7 Å². The molecule has 1 N–H and O–H groups in total. The lowest BCUT2D eigenvalue weighted by Gasteiger charge is -2.13. The van der Waals surface area contributed by atoms with Gasteiger partial charge in [-0.1, -0.05) is 12.1 Å². The summed E-state index contributed by atoms with van der Waals surface area (Å²) in [6, 6.07) is 10.6. The fourth-order valence-electron chi connectivity index (χ4n) is 2.81. The predicted molar refractivity (Wildman–Crippen MR) is 104 cm³/mol. The van der Waals surface area contributed by atoms with Gasteiger partial charge in [0.15, 0.2) is 5.43 Å². The van der Waals surface area contributed by atoms with E-state index in [0.717, 1.165) is 5.56 Å². The number of hydrogen-bond acceptors (Lipinski definition) is 6. The quantitative estimate of drug-likeness (QED) is 0.306. The van der Waals surface area contributed by atoms with Gasteiger partial charge in [-0.05, 0) is 36.8 Å². The molecule has 0 aliphatic heterocycles. The number of carbonyl (C=O) groups is 2. The van der Waals surface area contributed by atoms with Gasteiger partial charge in [-0.3, -0.25) is 14.6 Å². The highest BCUT2D eigenvalue weighted by Crippen LogP contribution is 2.17. The molecule has 0 aliphatic rings. The van der Waals surface area contributed by atoms with Gasteiger partial charge in [-0.2, -0.15) is 0 Å². The molecule has 0 atom stereocenters. The molecular formula is C21H18N2O5. The van der Waals surface area contributed by atoms with E-state index in [-0.39, 0.29) is 12.2 Å². The topological polar surface area (TPSA) is 98.5 Å². The summed E-state index contributed by atoms with van der Waals surface area (Å²) in [6.45, 7) is 2.03. The van der Waals surface area contributed by atoms with Crippen LogP contribution in [-0.4, -0.2) is 33.0 Å². The van der Waals surface area contributed by atoms with Crippen LogP contribution in [0.1, 0.15) is 18.1 Å². The van der Waals surface area contributed by atoms with Crippen LogP contribution in [-0.2, 0) is 20.9 Å². The normalized spacial score (nSPS) is 11.4. The highest BCUT2D eigenvalue weighted by Gasteiger charge is 2.17. The number of fused-ring (bicyclic) bond motifs is 1. The van der Waals surface area contributed by atoms with Gasteiger partial charge in [0, 0.05) is 36.6 Å². The zero-order valence-electron chi connectivity index (χ0n) is 15.2. The number of esters is 1. The largest absolute Gasteiger partial charge is 0.507 e. The second-order valence-corrected chi connectivity index (χ2v) is 5.99. The van der Waals surface area contributed by atoms with E-state index in [9.17, 15) is 19.5 Å². The van der Waals surface area contributed by atoms with Crippen molar-refractivity contribution in [1.82, 2.24) is 9.55 Å². The number of aromatic nitrogens is 2. The molecule has 2 heterocycles. The first-order chi connectivity index (χ1) is 13.5. The van der Waals surface area contributed by atoms with Crippen molar-refractivity contribution in [2.45, 2.75) is 13.5 Å². The first kappa shape index (κ1) is 19.0. The number of ketones is 1. The van der Waals surface area contributed by atoms with E-state index in [2.05, 4.69) is 9.72 Å². The SMILES string of the molecule is CCOC(=O)C(=O)/C=C(\O)c1cn(Cc2ccncc2)c2ccccc2c1=O. The minimum Gasteiger partial charge on any atom is -0.507 e. The van der Waals surface area contributed by atoms with Gasteiger partial charge in [-0.15, -0.1) is 0 Å². The molecule has 3 rings (SSSR count). The van der Waals surface area contributed by atoms with Crippen molar-refractivity contribution in [3.05, 3.63) is 82.4 Å². The fourth-order valence-corrected chi connectivity index (χ4v) is 2.81. The number of aliphatic hydroxyl groups excluding tert-OH is 1. The Morgan fingerprint density at radius 3 is 2.61 bits per heavy atom. The van der Waals surface area contributed by atoms with Crippen LogP contribution in [0.4, 0.5) is 0 Å². The number of benzene rings is 1. The van der Waals surface area contributed by atoms with Gasteiger partial charge >= 0.3 is 5.97 Å². The van der Waals surface area contributed by atoms with E-state index >= 15 is 0 Å². The maximum Gasteiger partial charge on any atom is 0.379 e. The van der Waals surface area contributed by atoms with Crippen LogP contribution in [0.3, 0.4) is 0 Å². The third-order valence-electron chi connectivity index (χ3n) is 4.11. The molecule has 0 spiro atoms. The molecule has 0 unspecified atom stereocenters. The third kappa shape index (κ3) is 3.98. The Hall–Kier alpha value is -3.74. The molecule has 28 heavy (non-hydrogen) atoms. The maximum absolute atomic E-state index is 12.8. The van der Waals surface area contributed by atoms with Crippen LogP contribution in [0.15, 0.2) is 65.9 Å². The lowest BCUT2D eigenvalue weighted by atomic mass is 10.1. The average molecular weight is 378 g/mol. The number of nitrogens with zero attached hydrogens (tertiary/aromatic N) is 2. The summed E-state index contributed by atoms with van der Waals surface area (Å²) in [4.78, 5) is 40.1. The minimum atomic E-state index is -1.09. The molecule has 7 nitrogen and oxygen atoms in total. The molecule has 1 aromatic carbocycles. The Morgan fingerprint density at radius 2 is 1.89 bits per heavy atom. The molecule has 142 valence electrons. The first-order valence-electron chi connectivity index (χ1n) is 8.64. The Morgan fingerprint density at radius 1 is 1.18 bits per heavy atom. The van der Waals surface area contributed by atoms with Gasteiger partial charge in [-0.25, -0.2) is 4.79 Å². The smallest absolute Gasteiger partial charge is 0.379 e. The molecule has 0 saturated heterocycles. The summed E-state index contributed by atoms with van der Waals surface area (Å²) in [5, 5.41) is 10.7. The van der Waals surface area contributed by atoms with Crippen LogP contribution in [0.5, 0.6) is 0 Å². The molecule has 2 aromatic heterocycles. The van der Waals surface area contributed by atoms with E-state index in [1.165, 1.54) is 6.20 Å². The van der Waals surface area contributed by atoms with Gasteiger partial charge in [0.25, 0.3) is 5.78 Å². The zero-order valence-corrected chi connectivity index (χ0v) is 15.2. The van der Waals surface area contributed by atoms with Crippen LogP contribution >= 0.6 is 0 Å². The lowest BCUT2D eigenvalue weighted by Crippen LogP contribution is -2.18. The highest BCUT2D eigenvalue weighted by molar-refractivity contribution is 6.39. The molecule has 0 amide bonds. The van der Waals surface area contributed by atoms with Crippen LogP contribution < -0.4 is 5.43 Å². The summed E-state index contributed by atoms with van der Waals surface area (Å²) in [5.41, 5.74) is 1.11. The molecule has 7 heteroatoms. The van der Waals surface area contributed by atoms with Crippen molar-refractivity contribution in [3.8, 4) is 0 Å². The second kappa shape index (κ2) is 8.30. The average Bonchev–Trinajstić information content (AvgIpc) is 2.71. The van der Waals surface area contributed by atoms with E-state index in [0.29, 0.717) is 23.5 Å². The predicted octanol–water partition coefficient (Wildman–Crippen LogP) is 2.48. The maximum atomic E-state index is 12.8. The summed E-state index contributed by atoms with van der Waals surface area (Å²) >= 11 is 0. The van der Waals surface area contributed by atoms with E-state index in [1.54, 1.807) is 42.1 Å². The van der Waals surface area contributed by atoms with Crippen molar-refractivity contribution < 1.29 is 19.4 Å². The van der Waals surface area contributed by atoms with E-state index < -0.39 is 22.9 Å². The number of carbonyl (C=O) groups excluding carboxylic acids is 2. The number of aliphatic hydroxyl groups is 1. The lowest BCUT2D eigenvalue weighted by molar-refractivity contribution is -0.151. The van der Waals surface area contributed by atoms with Crippen LogP contribution in [0, 0.1) is 0 Å². The highest BCUT2D eigenvalue weighted by atomic mass is 16.5. The van der Waals surface area contributed by atoms with E-state index in [4.69, 9.17) is 0 Å². The minimum absolute atomic E-state index is 0.0356. The summed E-state index contributed by atoms with van der Waals surface area (Å²) in [5.74, 6) is -2.71. The second-order valence-electron chi connectivity index (χ2n) is 5.99. The first-order valence-corrected chi connectivity index (χ1v) is 8.64. The number of pyridine rings is 2. The third-order valence-corrected chi connectivity index (χ3v) is 4.11.